The normalized spacial score (nSPS) is 18.3. The molecule has 9 rings (SSSR count). The highest BCUT2D eigenvalue weighted by molar-refractivity contribution is 5.87. The molecule has 1 aromatic heterocycles. The lowest BCUT2D eigenvalue weighted by Crippen LogP contribution is -2.52. The lowest BCUT2D eigenvalue weighted by Gasteiger charge is -2.43. The number of fused-ring (bicyclic) bond motifs is 4. The molecule has 58 heavy (non-hydrogen) atoms. The van der Waals surface area contributed by atoms with E-state index in [-0.39, 0.29) is 24.0 Å². The van der Waals surface area contributed by atoms with Crippen molar-refractivity contribution in [1.29, 1.82) is 0 Å². The molecule has 5 N–H and O–H groups in total. The maximum Gasteiger partial charge on any atom is 0.408 e. The van der Waals surface area contributed by atoms with Gasteiger partial charge < -0.3 is 40.0 Å². The Kier molecular flexibility index (Phi) is 11.7. The first-order valence-electron chi connectivity index (χ1n) is 19.8. The molecule has 298 valence electrons. The predicted molar refractivity (Wildman–Crippen MR) is 223 cm³/mol. The molecule has 0 saturated carbocycles. The largest absolute Gasteiger partial charge is 0.506 e. The highest BCUT2D eigenvalue weighted by Crippen LogP contribution is 2.32. The Bertz CT molecular complexity index is 2410. The molecule has 6 aromatic rings. The van der Waals surface area contributed by atoms with Gasteiger partial charge in [-0.3, -0.25) is 9.69 Å². The lowest BCUT2D eigenvalue weighted by atomic mass is 9.86. The molecule has 3 aliphatic rings. The Morgan fingerprint density at radius 1 is 0.879 bits per heavy atom. The number of amides is 1. The minimum Gasteiger partial charge on any atom is -0.506 e. The molecule has 0 spiro atoms. The molecule has 0 aliphatic carbocycles. The Morgan fingerprint density at radius 3 is 2.41 bits per heavy atom. The highest BCUT2D eigenvalue weighted by Gasteiger charge is 2.37. The van der Waals surface area contributed by atoms with E-state index in [0.29, 0.717) is 41.3 Å². The van der Waals surface area contributed by atoms with Gasteiger partial charge in [-0.2, -0.15) is 0 Å². The van der Waals surface area contributed by atoms with Gasteiger partial charge in [-0.25, -0.2) is 4.79 Å². The molecule has 5 aromatic carbocycles. The van der Waals surface area contributed by atoms with Gasteiger partial charge in [-0.15, -0.1) is 0 Å². The fraction of sp³-hybridized carbons (Fsp3) is 0.277. The van der Waals surface area contributed by atoms with Gasteiger partial charge in [0.15, 0.2) is 0 Å². The average molecular weight is 781 g/mol. The Labute approximate surface area is 337 Å². The predicted octanol–water partition coefficient (Wildman–Crippen LogP) is 7.22. The molecule has 3 fully saturated rings. The van der Waals surface area contributed by atoms with Crippen LogP contribution in [0.3, 0.4) is 0 Å². The quantitative estimate of drug-likeness (QED) is 0.0774. The summed E-state index contributed by atoms with van der Waals surface area (Å²) in [7, 11) is 1.63. The fourth-order valence-electron chi connectivity index (χ4n) is 8.18. The molecule has 11 nitrogen and oxygen atoms in total. The number of aliphatic hydroxyl groups is 1. The number of methoxy groups -OCH3 is 1. The van der Waals surface area contributed by atoms with Crippen molar-refractivity contribution in [2.24, 2.45) is 5.92 Å². The summed E-state index contributed by atoms with van der Waals surface area (Å²) >= 11 is 0. The first-order valence-corrected chi connectivity index (χ1v) is 19.8. The van der Waals surface area contributed by atoms with Crippen LogP contribution in [0.4, 0.5) is 4.79 Å². The number of benzene rings is 5. The molecule has 11 heteroatoms. The van der Waals surface area contributed by atoms with E-state index in [9.17, 15) is 19.8 Å². The zero-order valence-electron chi connectivity index (χ0n) is 32.4. The first kappa shape index (κ1) is 38.7. The van der Waals surface area contributed by atoms with Crippen molar-refractivity contribution in [2.75, 3.05) is 33.3 Å². The Morgan fingerprint density at radius 2 is 1.66 bits per heavy atom. The summed E-state index contributed by atoms with van der Waals surface area (Å²) in [5.41, 5.74) is 6.39. The number of hydrogen-bond acceptors (Lipinski definition) is 9. The van der Waals surface area contributed by atoms with Crippen LogP contribution in [0.1, 0.15) is 52.8 Å². The summed E-state index contributed by atoms with van der Waals surface area (Å²) < 4.78 is 17.9. The number of phenols is 1. The molecule has 4 heterocycles. The van der Waals surface area contributed by atoms with Gasteiger partial charge in [0.1, 0.15) is 30.0 Å². The number of nitrogens with zero attached hydrogens (tertiary/aromatic N) is 1. The van der Waals surface area contributed by atoms with Crippen LogP contribution in [-0.4, -0.2) is 65.6 Å². The summed E-state index contributed by atoms with van der Waals surface area (Å²) in [6.07, 6.45) is 0.781. The zero-order valence-corrected chi connectivity index (χ0v) is 32.4. The molecule has 3 unspecified atom stereocenters. The number of alkyl carbamates (subject to hydrolysis) is 1. The van der Waals surface area contributed by atoms with E-state index in [0.717, 1.165) is 71.6 Å². The first-order chi connectivity index (χ1) is 28.3. The SMILES string of the molecule is COc1ccc(-c2ccc(COc3cccc(C(NC(=O)OC4CN5CCC4CC5)c4ccccc4)c3)cc2)cc1CNCC(O)c1ccc(O)c2[nH]c(=O)ccc12. The molecule has 0 radical (unpaired) electrons. The monoisotopic (exact) mass is 780 g/mol. The number of phenolic OH excluding ortho intramolecular Hbond substituents is 1. The Balaban J connectivity index is 0.896. The third-order valence-electron chi connectivity index (χ3n) is 11.3. The number of aromatic amines is 1. The van der Waals surface area contributed by atoms with Crippen molar-refractivity contribution < 1.29 is 29.2 Å². The van der Waals surface area contributed by atoms with E-state index in [4.69, 9.17) is 14.2 Å². The third-order valence-corrected chi connectivity index (χ3v) is 11.3. The van der Waals surface area contributed by atoms with Crippen LogP contribution >= 0.6 is 0 Å². The van der Waals surface area contributed by atoms with Crippen LogP contribution in [0.2, 0.25) is 0 Å². The van der Waals surface area contributed by atoms with E-state index >= 15 is 0 Å². The van der Waals surface area contributed by atoms with Crippen LogP contribution in [0, 0.1) is 5.92 Å². The van der Waals surface area contributed by atoms with E-state index in [1.54, 1.807) is 19.2 Å². The van der Waals surface area contributed by atoms with Crippen molar-refractivity contribution in [2.45, 2.75) is 44.2 Å². The maximum atomic E-state index is 13.3. The number of hydrogen-bond donors (Lipinski definition) is 5. The van der Waals surface area contributed by atoms with E-state index in [1.165, 1.54) is 12.1 Å². The number of carbonyl (C=O) groups excluding carboxylic acids is 1. The topological polar surface area (TPSA) is 145 Å². The number of aliphatic hydroxyl groups excluding tert-OH is 1. The van der Waals surface area contributed by atoms with Gasteiger partial charge in [0.25, 0.3) is 0 Å². The maximum absolute atomic E-state index is 13.3. The summed E-state index contributed by atoms with van der Waals surface area (Å²) in [4.78, 5) is 30.1. The molecular formula is C47H48N4O7. The minimum atomic E-state index is -0.883. The number of pyridine rings is 1. The summed E-state index contributed by atoms with van der Waals surface area (Å²) in [5.74, 6) is 1.80. The second kappa shape index (κ2) is 17.6. The van der Waals surface area contributed by atoms with Gasteiger partial charge in [0.05, 0.1) is 24.8 Å². The number of aromatic nitrogens is 1. The van der Waals surface area contributed by atoms with Gasteiger partial charge in [0.2, 0.25) is 5.56 Å². The van der Waals surface area contributed by atoms with Gasteiger partial charge in [-0.1, -0.05) is 78.9 Å². The summed E-state index contributed by atoms with van der Waals surface area (Å²) in [5, 5.41) is 28.3. The van der Waals surface area contributed by atoms with Gasteiger partial charge in [-0.05, 0) is 102 Å². The van der Waals surface area contributed by atoms with Crippen LogP contribution in [0.25, 0.3) is 22.0 Å². The van der Waals surface area contributed by atoms with Crippen molar-refractivity contribution in [3.8, 4) is 28.4 Å². The van der Waals surface area contributed by atoms with Crippen molar-refractivity contribution >= 4 is 17.0 Å². The molecule has 1 amide bonds. The number of aromatic hydroxyl groups is 1. The van der Waals surface area contributed by atoms with Crippen LogP contribution in [-0.2, 0) is 17.9 Å². The van der Waals surface area contributed by atoms with Crippen molar-refractivity contribution in [1.82, 2.24) is 20.5 Å². The number of ether oxygens (including phenoxy) is 3. The smallest absolute Gasteiger partial charge is 0.408 e. The zero-order chi connectivity index (χ0) is 40.0. The van der Waals surface area contributed by atoms with Crippen LogP contribution in [0.15, 0.2) is 126 Å². The fourth-order valence-corrected chi connectivity index (χ4v) is 8.18. The number of piperidine rings is 3. The number of rotatable bonds is 14. The van der Waals surface area contributed by atoms with Crippen LogP contribution < -0.4 is 25.7 Å². The van der Waals surface area contributed by atoms with E-state index in [1.807, 2.05) is 78.9 Å². The third kappa shape index (κ3) is 8.87. The van der Waals surface area contributed by atoms with Crippen LogP contribution in [0.5, 0.6) is 17.2 Å². The molecular weight excluding hydrogens is 733 g/mol. The molecule has 3 atom stereocenters. The van der Waals surface area contributed by atoms with Crippen molar-refractivity contribution in [3.05, 3.63) is 159 Å². The molecule has 2 bridgehead atoms. The molecule has 3 aliphatic heterocycles. The highest BCUT2D eigenvalue weighted by atomic mass is 16.6. The summed E-state index contributed by atoms with van der Waals surface area (Å²) in [6.45, 7) is 4.01. The Hall–Kier alpha value is -6.14. The van der Waals surface area contributed by atoms with E-state index < -0.39 is 18.2 Å². The number of nitrogens with one attached hydrogen (secondary N) is 3. The second-order valence-electron chi connectivity index (χ2n) is 15.1. The number of carbonyl (C=O) groups is 1. The number of H-pyrrole nitrogens is 1. The minimum absolute atomic E-state index is 0.0509. The van der Waals surface area contributed by atoms with Crippen molar-refractivity contribution in [3.63, 3.8) is 0 Å². The van der Waals surface area contributed by atoms with Gasteiger partial charge in [0, 0.05) is 36.7 Å². The van der Waals surface area contributed by atoms with E-state index in [2.05, 4.69) is 38.7 Å². The second-order valence-corrected chi connectivity index (χ2v) is 15.1. The summed E-state index contributed by atoms with van der Waals surface area (Å²) in [6, 6.07) is 37.7. The average Bonchev–Trinajstić information content (AvgIpc) is 3.26. The van der Waals surface area contributed by atoms with Gasteiger partial charge >= 0.3 is 6.09 Å². The standard InChI is InChI=1S/C47H48N4O7/c1-56-42-18-14-34(24-36(42)26-48-27-41(53)38-15-17-40(52)46-39(38)16-19-44(54)49-46)31-12-10-30(11-13-31)29-57-37-9-5-8-35(25-37)45(33-6-3-2-4-7-33)50-47(55)58-43-28-51-22-20-32(43)21-23-51/h2-19,24-25,32,41,43,45,48,52-53H,20-23,26-29H2,1H3,(H,49,54)(H,50,55). The molecule has 3 saturated heterocycles. The lowest BCUT2D eigenvalue weighted by molar-refractivity contribution is -0.0336.